The van der Waals surface area contributed by atoms with Crippen molar-refractivity contribution in [3.05, 3.63) is 12.2 Å². The molecule has 1 aliphatic carbocycles. The molecule has 0 spiro atoms. The molecule has 0 atom stereocenters. The summed E-state index contributed by atoms with van der Waals surface area (Å²) in [5.41, 5.74) is 0. The van der Waals surface area contributed by atoms with Crippen molar-refractivity contribution in [2.24, 2.45) is 0 Å². The van der Waals surface area contributed by atoms with Crippen LogP contribution in [0.1, 0.15) is 83.4 Å². The van der Waals surface area contributed by atoms with E-state index in [0.29, 0.717) is 6.04 Å². The molecular weight excluding hydrogens is 260 g/mol. The standard InChI is InChI=1S/C17H32N4/c1-2-21-15-19-20-17(21)14-18-16-12-10-8-6-4-3-5-7-9-11-13-16/h15-16,18H,2-14H2,1H3. The van der Waals surface area contributed by atoms with Crippen LogP contribution >= 0.6 is 0 Å². The van der Waals surface area contributed by atoms with Gasteiger partial charge in [-0.3, -0.25) is 0 Å². The zero-order valence-electron chi connectivity index (χ0n) is 13.7. The van der Waals surface area contributed by atoms with Gasteiger partial charge >= 0.3 is 0 Å². The van der Waals surface area contributed by atoms with Crippen LogP contribution in [-0.4, -0.2) is 20.8 Å². The molecule has 4 nitrogen and oxygen atoms in total. The summed E-state index contributed by atoms with van der Waals surface area (Å²) in [5.74, 6) is 1.07. The summed E-state index contributed by atoms with van der Waals surface area (Å²) in [7, 11) is 0. The lowest BCUT2D eigenvalue weighted by atomic mass is 9.98. The van der Waals surface area contributed by atoms with Crippen LogP contribution in [0.5, 0.6) is 0 Å². The van der Waals surface area contributed by atoms with E-state index in [-0.39, 0.29) is 0 Å². The first-order valence-corrected chi connectivity index (χ1v) is 9.00. The Balaban J connectivity index is 1.77. The minimum atomic E-state index is 0.659. The molecule has 1 aromatic heterocycles. The summed E-state index contributed by atoms with van der Waals surface area (Å²) in [6.45, 7) is 3.95. The molecule has 1 aliphatic rings. The Morgan fingerprint density at radius 1 is 1.00 bits per heavy atom. The third kappa shape index (κ3) is 6.16. The van der Waals surface area contributed by atoms with E-state index < -0.39 is 0 Å². The molecule has 1 aromatic rings. The number of aromatic nitrogens is 3. The maximum Gasteiger partial charge on any atom is 0.146 e. The Bertz CT molecular complexity index is 363. The van der Waals surface area contributed by atoms with Crippen molar-refractivity contribution in [2.45, 2.75) is 96.7 Å². The van der Waals surface area contributed by atoms with Gasteiger partial charge in [0.25, 0.3) is 0 Å². The first-order chi connectivity index (χ1) is 10.4. The molecule has 4 heteroatoms. The Labute approximate surface area is 129 Å². The van der Waals surface area contributed by atoms with Gasteiger partial charge in [-0.15, -0.1) is 10.2 Å². The first kappa shape index (κ1) is 16.5. The van der Waals surface area contributed by atoms with Crippen molar-refractivity contribution in [3.8, 4) is 0 Å². The largest absolute Gasteiger partial charge is 0.317 e. The van der Waals surface area contributed by atoms with Crippen LogP contribution in [0.25, 0.3) is 0 Å². The lowest BCUT2D eigenvalue weighted by Gasteiger charge is -2.19. The van der Waals surface area contributed by atoms with Crippen LogP contribution in [0.2, 0.25) is 0 Å². The minimum Gasteiger partial charge on any atom is -0.317 e. The van der Waals surface area contributed by atoms with Gasteiger partial charge in [-0.2, -0.15) is 0 Å². The molecule has 0 aromatic carbocycles. The van der Waals surface area contributed by atoms with Gasteiger partial charge in [0.15, 0.2) is 0 Å². The quantitative estimate of drug-likeness (QED) is 0.910. The summed E-state index contributed by atoms with van der Waals surface area (Å²) in [5, 5.41) is 12.0. The van der Waals surface area contributed by atoms with E-state index in [9.17, 15) is 0 Å². The van der Waals surface area contributed by atoms with Crippen molar-refractivity contribution in [2.75, 3.05) is 0 Å². The van der Waals surface area contributed by atoms with Gasteiger partial charge in [-0.25, -0.2) is 0 Å². The van der Waals surface area contributed by atoms with Gasteiger partial charge in [0.2, 0.25) is 0 Å². The summed E-state index contributed by atoms with van der Waals surface area (Å²) in [6, 6.07) is 0.659. The van der Waals surface area contributed by atoms with Crippen LogP contribution in [0, 0.1) is 0 Å². The van der Waals surface area contributed by atoms with E-state index in [4.69, 9.17) is 0 Å². The SMILES string of the molecule is CCn1cnnc1CNC1CCCCCCCCCCC1. The molecule has 0 saturated heterocycles. The molecule has 2 rings (SSSR count). The second-order valence-corrected chi connectivity index (χ2v) is 6.37. The normalized spacial score (nSPS) is 19.9. The molecule has 1 saturated carbocycles. The van der Waals surface area contributed by atoms with Gasteiger partial charge in [0.1, 0.15) is 12.2 Å². The van der Waals surface area contributed by atoms with Crippen molar-refractivity contribution in [3.63, 3.8) is 0 Å². The minimum absolute atomic E-state index is 0.659. The van der Waals surface area contributed by atoms with E-state index in [1.807, 2.05) is 6.33 Å². The van der Waals surface area contributed by atoms with Gasteiger partial charge in [0, 0.05) is 12.6 Å². The fraction of sp³-hybridized carbons (Fsp3) is 0.882. The maximum absolute atomic E-state index is 4.22. The fourth-order valence-corrected chi connectivity index (χ4v) is 3.28. The smallest absolute Gasteiger partial charge is 0.146 e. The molecule has 0 unspecified atom stereocenters. The van der Waals surface area contributed by atoms with Crippen molar-refractivity contribution in [1.82, 2.24) is 20.1 Å². The van der Waals surface area contributed by atoms with E-state index in [0.717, 1.165) is 18.9 Å². The predicted octanol–water partition coefficient (Wildman–Crippen LogP) is 4.06. The molecule has 1 heterocycles. The van der Waals surface area contributed by atoms with E-state index in [1.54, 1.807) is 0 Å². The van der Waals surface area contributed by atoms with Gasteiger partial charge in [-0.05, 0) is 19.8 Å². The van der Waals surface area contributed by atoms with Crippen LogP contribution in [0.15, 0.2) is 6.33 Å². The lowest BCUT2D eigenvalue weighted by molar-refractivity contribution is 0.396. The second kappa shape index (κ2) is 9.93. The first-order valence-electron chi connectivity index (χ1n) is 9.00. The van der Waals surface area contributed by atoms with Gasteiger partial charge < -0.3 is 9.88 Å². The number of nitrogens with one attached hydrogen (secondary N) is 1. The number of hydrogen-bond donors (Lipinski definition) is 1. The van der Waals surface area contributed by atoms with E-state index >= 15 is 0 Å². The highest BCUT2D eigenvalue weighted by Gasteiger charge is 2.11. The molecule has 1 N–H and O–H groups in total. The highest BCUT2D eigenvalue weighted by molar-refractivity contribution is 4.85. The maximum atomic E-state index is 4.22. The Morgan fingerprint density at radius 2 is 1.57 bits per heavy atom. The Morgan fingerprint density at radius 3 is 2.14 bits per heavy atom. The molecular formula is C17H32N4. The highest BCUT2D eigenvalue weighted by atomic mass is 15.3. The molecule has 1 fully saturated rings. The highest BCUT2D eigenvalue weighted by Crippen LogP contribution is 2.17. The van der Waals surface area contributed by atoms with Crippen molar-refractivity contribution >= 4 is 0 Å². The number of hydrogen-bond acceptors (Lipinski definition) is 3. The average Bonchev–Trinajstić information content (AvgIpc) is 2.94. The van der Waals surface area contributed by atoms with Crippen molar-refractivity contribution < 1.29 is 0 Å². The number of nitrogens with zero attached hydrogens (tertiary/aromatic N) is 3. The van der Waals surface area contributed by atoms with Crippen molar-refractivity contribution in [1.29, 1.82) is 0 Å². The fourth-order valence-electron chi connectivity index (χ4n) is 3.28. The van der Waals surface area contributed by atoms with E-state index in [2.05, 4.69) is 27.0 Å². The zero-order valence-corrected chi connectivity index (χ0v) is 13.7. The van der Waals surface area contributed by atoms with Crippen LogP contribution in [-0.2, 0) is 13.1 Å². The number of aryl methyl sites for hydroxylation is 1. The summed E-state index contributed by atoms with van der Waals surface area (Å²) in [4.78, 5) is 0. The third-order valence-corrected chi connectivity index (χ3v) is 4.69. The third-order valence-electron chi connectivity index (χ3n) is 4.69. The molecule has 0 amide bonds. The molecule has 0 bridgehead atoms. The van der Waals surface area contributed by atoms with Crippen LogP contribution < -0.4 is 5.32 Å². The second-order valence-electron chi connectivity index (χ2n) is 6.37. The monoisotopic (exact) mass is 292 g/mol. The predicted molar refractivity (Wildman–Crippen MR) is 87.1 cm³/mol. The van der Waals surface area contributed by atoms with Gasteiger partial charge in [-0.1, -0.05) is 57.8 Å². The summed E-state index contributed by atoms with van der Waals surface area (Å²) < 4.78 is 2.13. The zero-order chi connectivity index (χ0) is 14.8. The molecule has 120 valence electrons. The molecule has 21 heavy (non-hydrogen) atoms. The summed E-state index contributed by atoms with van der Waals surface area (Å²) >= 11 is 0. The van der Waals surface area contributed by atoms with Gasteiger partial charge in [0.05, 0.1) is 6.54 Å². The topological polar surface area (TPSA) is 42.7 Å². The average molecular weight is 292 g/mol. The lowest BCUT2D eigenvalue weighted by Crippen LogP contribution is -2.30. The summed E-state index contributed by atoms with van der Waals surface area (Å²) in [6.07, 6.45) is 17.2. The molecule has 0 radical (unpaired) electrons. The Hall–Kier alpha value is -0.900. The van der Waals surface area contributed by atoms with Crippen LogP contribution in [0.4, 0.5) is 0 Å². The van der Waals surface area contributed by atoms with E-state index in [1.165, 1.54) is 70.6 Å². The van der Waals surface area contributed by atoms with Crippen LogP contribution in [0.3, 0.4) is 0 Å². The molecule has 0 aliphatic heterocycles. The Kier molecular flexibility index (Phi) is 7.79. The number of rotatable bonds is 4.